The first kappa shape index (κ1) is 15.4. The first-order valence-electron chi connectivity index (χ1n) is 8.17. The quantitative estimate of drug-likeness (QED) is 0.842. The summed E-state index contributed by atoms with van der Waals surface area (Å²) in [6.07, 6.45) is 1.25. The second kappa shape index (κ2) is 5.73. The number of nitrogens with zero attached hydrogens (tertiary/aromatic N) is 1. The minimum atomic E-state index is -1.03. The zero-order valence-corrected chi connectivity index (χ0v) is 13.5. The molecule has 6 nitrogen and oxygen atoms in total. The number of hydrogen-bond acceptors (Lipinski definition) is 3. The molecule has 2 aromatic rings. The summed E-state index contributed by atoms with van der Waals surface area (Å²) in [6, 6.07) is 16.0. The molecule has 1 aliphatic heterocycles. The molecule has 1 saturated heterocycles. The Bertz CT molecular complexity index is 865. The number of aryl methyl sites for hydroxylation is 1. The van der Waals surface area contributed by atoms with Gasteiger partial charge in [-0.1, -0.05) is 42.5 Å². The van der Waals surface area contributed by atoms with E-state index in [1.165, 1.54) is 0 Å². The molecule has 2 N–H and O–H groups in total. The highest BCUT2D eigenvalue weighted by atomic mass is 16.2. The van der Waals surface area contributed by atoms with Crippen LogP contribution in [0, 0.1) is 0 Å². The average Bonchev–Trinajstić information content (AvgIpc) is 3.10. The lowest BCUT2D eigenvalue weighted by atomic mass is 9.92. The molecule has 0 aromatic heterocycles. The average molecular weight is 335 g/mol. The van der Waals surface area contributed by atoms with Gasteiger partial charge in [-0.25, -0.2) is 4.79 Å². The Labute approximate surface area is 144 Å². The number of benzene rings is 2. The summed E-state index contributed by atoms with van der Waals surface area (Å²) < 4.78 is 0. The number of hydrogen-bond donors (Lipinski definition) is 2. The lowest BCUT2D eigenvalue weighted by Crippen LogP contribution is -2.42. The zero-order chi connectivity index (χ0) is 17.4. The highest BCUT2D eigenvalue weighted by molar-refractivity contribution is 6.10. The summed E-state index contributed by atoms with van der Waals surface area (Å²) in [7, 11) is 0. The van der Waals surface area contributed by atoms with Crippen LogP contribution in [0.2, 0.25) is 0 Å². The van der Waals surface area contributed by atoms with Crippen molar-refractivity contribution in [2.45, 2.75) is 18.4 Å². The van der Waals surface area contributed by atoms with Crippen LogP contribution in [0.4, 0.5) is 10.5 Å². The second-order valence-electron chi connectivity index (χ2n) is 6.30. The van der Waals surface area contributed by atoms with Crippen molar-refractivity contribution in [1.29, 1.82) is 0 Å². The number of amides is 4. The molecule has 1 atom stereocenters. The molecule has 4 rings (SSSR count). The molecule has 1 aliphatic carbocycles. The van der Waals surface area contributed by atoms with Crippen molar-refractivity contribution in [3.8, 4) is 0 Å². The van der Waals surface area contributed by atoms with Gasteiger partial charge in [0.1, 0.15) is 12.1 Å². The van der Waals surface area contributed by atoms with Gasteiger partial charge in [-0.2, -0.15) is 0 Å². The molecule has 2 aliphatic rings. The van der Waals surface area contributed by atoms with Crippen molar-refractivity contribution in [3.05, 3.63) is 65.7 Å². The van der Waals surface area contributed by atoms with E-state index in [-0.39, 0.29) is 12.5 Å². The third-order valence-electron chi connectivity index (χ3n) is 4.78. The van der Waals surface area contributed by atoms with Crippen LogP contribution in [-0.4, -0.2) is 29.3 Å². The Balaban J connectivity index is 1.54. The molecule has 0 radical (unpaired) electrons. The molecular weight excluding hydrogens is 318 g/mol. The number of fused-ring (bicyclic) bond motifs is 2. The third kappa shape index (κ3) is 2.46. The maximum atomic E-state index is 13.0. The van der Waals surface area contributed by atoms with Crippen LogP contribution < -0.4 is 10.6 Å². The SMILES string of the molecule is O=C(CN1C(=O)N[C@@]2(CCc3ccccc32)C1=O)Nc1ccccc1. The molecule has 0 unspecified atom stereocenters. The van der Waals surface area contributed by atoms with E-state index in [0.29, 0.717) is 12.1 Å². The molecule has 25 heavy (non-hydrogen) atoms. The number of carbonyl (C=O) groups is 3. The van der Waals surface area contributed by atoms with E-state index in [1.54, 1.807) is 24.3 Å². The van der Waals surface area contributed by atoms with Crippen molar-refractivity contribution < 1.29 is 14.4 Å². The molecule has 6 heteroatoms. The van der Waals surface area contributed by atoms with Crippen molar-refractivity contribution >= 4 is 23.5 Å². The number of carbonyl (C=O) groups excluding carboxylic acids is 3. The van der Waals surface area contributed by atoms with Crippen LogP contribution >= 0.6 is 0 Å². The number of imide groups is 1. The Morgan fingerprint density at radius 3 is 2.60 bits per heavy atom. The predicted octanol–water partition coefficient (Wildman–Crippen LogP) is 2.02. The van der Waals surface area contributed by atoms with Crippen LogP contribution in [0.5, 0.6) is 0 Å². The molecule has 0 saturated carbocycles. The van der Waals surface area contributed by atoms with Gasteiger partial charge >= 0.3 is 6.03 Å². The molecule has 1 heterocycles. The van der Waals surface area contributed by atoms with Crippen LogP contribution in [-0.2, 0) is 21.5 Å². The second-order valence-corrected chi connectivity index (χ2v) is 6.30. The number of para-hydroxylation sites is 1. The van der Waals surface area contributed by atoms with Gasteiger partial charge in [-0.05, 0) is 36.1 Å². The van der Waals surface area contributed by atoms with E-state index in [0.717, 1.165) is 22.4 Å². The van der Waals surface area contributed by atoms with E-state index in [2.05, 4.69) is 10.6 Å². The van der Waals surface area contributed by atoms with Gasteiger partial charge in [0.25, 0.3) is 5.91 Å². The van der Waals surface area contributed by atoms with Gasteiger partial charge in [-0.15, -0.1) is 0 Å². The molecule has 0 bridgehead atoms. The Hall–Kier alpha value is -3.15. The largest absolute Gasteiger partial charge is 0.325 e. The van der Waals surface area contributed by atoms with Gasteiger partial charge in [-0.3, -0.25) is 14.5 Å². The topological polar surface area (TPSA) is 78.5 Å². The van der Waals surface area contributed by atoms with Gasteiger partial charge in [0.15, 0.2) is 0 Å². The summed E-state index contributed by atoms with van der Waals surface area (Å²) in [5.74, 6) is -0.760. The number of rotatable bonds is 3. The normalized spacial score (nSPS) is 21.4. The van der Waals surface area contributed by atoms with Crippen LogP contribution in [0.25, 0.3) is 0 Å². The standard InChI is InChI=1S/C19H17N3O3/c23-16(20-14-7-2-1-3-8-14)12-22-17(24)19(21-18(22)25)11-10-13-6-4-5-9-15(13)19/h1-9H,10-12H2,(H,20,23)(H,21,25)/t19-/m1/s1. The zero-order valence-electron chi connectivity index (χ0n) is 13.5. The van der Waals surface area contributed by atoms with Crippen LogP contribution in [0.15, 0.2) is 54.6 Å². The summed E-state index contributed by atoms with van der Waals surface area (Å²) in [5, 5.41) is 5.51. The van der Waals surface area contributed by atoms with Gasteiger partial charge in [0.05, 0.1) is 0 Å². The smallest absolute Gasteiger partial charge is 0.325 e. The third-order valence-corrected chi connectivity index (χ3v) is 4.78. The van der Waals surface area contributed by atoms with E-state index in [1.807, 2.05) is 30.3 Å². The van der Waals surface area contributed by atoms with Crippen LogP contribution in [0.3, 0.4) is 0 Å². The lowest BCUT2D eigenvalue weighted by Gasteiger charge is -2.22. The summed E-state index contributed by atoms with van der Waals surface area (Å²) in [6.45, 7) is -0.302. The molecular formula is C19H17N3O3. The Morgan fingerprint density at radius 2 is 1.80 bits per heavy atom. The predicted molar refractivity (Wildman–Crippen MR) is 91.8 cm³/mol. The molecule has 2 aromatic carbocycles. The minimum absolute atomic E-state index is 0.302. The van der Waals surface area contributed by atoms with Gasteiger partial charge in [0, 0.05) is 5.69 Å². The van der Waals surface area contributed by atoms with Crippen molar-refractivity contribution in [3.63, 3.8) is 0 Å². The number of nitrogens with one attached hydrogen (secondary N) is 2. The highest BCUT2D eigenvalue weighted by Gasteiger charge is 2.55. The van der Waals surface area contributed by atoms with Crippen molar-refractivity contribution in [2.24, 2.45) is 0 Å². The maximum Gasteiger partial charge on any atom is 0.325 e. The highest BCUT2D eigenvalue weighted by Crippen LogP contribution is 2.41. The molecule has 126 valence electrons. The van der Waals surface area contributed by atoms with Gasteiger partial charge < -0.3 is 10.6 Å². The first-order valence-corrected chi connectivity index (χ1v) is 8.17. The van der Waals surface area contributed by atoms with E-state index >= 15 is 0 Å². The monoisotopic (exact) mass is 335 g/mol. The summed E-state index contributed by atoms with van der Waals surface area (Å²) in [4.78, 5) is 38.5. The number of anilines is 1. The summed E-state index contributed by atoms with van der Waals surface area (Å²) >= 11 is 0. The number of urea groups is 1. The van der Waals surface area contributed by atoms with Gasteiger partial charge in [0.2, 0.25) is 5.91 Å². The van der Waals surface area contributed by atoms with E-state index < -0.39 is 17.5 Å². The van der Waals surface area contributed by atoms with Crippen molar-refractivity contribution in [1.82, 2.24) is 10.2 Å². The van der Waals surface area contributed by atoms with Crippen LogP contribution in [0.1, 0.15) is 17.5 Å². The minimum Gasteiger partial charge on any atom is -0.325 e. The molecule has 1 spiro atoms. The fourth-order valence-electron chi connectivity index (χ4n) is 3.60. The fraction of sp³-hybridized carbons (Fsp3) is 0.211. The van der Waals surface area contributed by atoms with E-state index in [9.17, 15) is 14.4 Å². The van der Waals surface area contributed by atoms with E-state index in [4.69, 9.17) is 0 Å². The maximum absolute atomic E-state index is 13.0. The lowest BCUT2D eigenvalue weighted by molar-refractivity contribution is -0.134. The molecule has 4 amide bonds. The fourth-order valence-corrected chi connectivity index (χ4v) is 3.60. The Kier molecular flexibility index (Phi) is 3.53. The van der Waals surface area contributed by atoms with Crippen molar-refractivity contribution in [2.75, 3.05) is 11.9 Å². The first-order chi connectivity index (χ1) is 12.1. The molecule has 1 fully saturated rings. The Morgan fingerprint density at radius 1 is 1.08 bits per heavy atom. The summed E-state index contributed by atoms with van der Waals surface area (Å²) in [5.41, 5.74) is 1.49.